The van der Waals surface area contributed by atoms with Gasteiger partial charge in [0.25, 0.3) is 0 Å². The molecule has 2 N–H and O–H groups in total. The van der Waals surface area contributed by atoms with E-state index in [0.717, 1.165) is 17.5 Å². The SMILES string of the molecule is COCCC(CN)c1cccc(Br)c1. The Labute approximate surface area is 93.6 Å². The third-order valence-electron chi connectivity index (χ3n) is 2.28. The molecule has 0 aliphatic rings. The lowest BCUT2D eigenvalue weighted by molar-refractivity contribution is 0.188. The standard InChI is InChI=1S/C11H16BrNO/c1-14-6-5-10(8-13)9-3-2-4-11(12)7-9/h2-4,7,10H,5-6,8,13H2,1H3. The Hall–Kier alpha value is -0.380. The van der Waals surface area contributed by atoms with Crippen LogP contribution in [0.4, 0.5) is 0 Å². The molecule has 0 radical (unpaired) electrons. The second-order valence-electron chi connectivity index (χ2n) is 3.27. The summed E-state index contributed by atoms with van der Waals surface area (Å²) in [5, 5.41) is 0. The van der Waals surface area contributed by atoms with Crippen LogP contribution >= 0.6 is 15.9 Å². The van der Waals surface area contributed by atoms with Crippen molar-refractivity contribution >= 4 is 15.9 Å². The number of methoxy groups -OCH3 is 1. The molecule has 0 fully saturated rings. The molecule has 0 spiro atoms. The fourth-order valence-electron chi connectivity index (χ4n) is 1.44. The lowest BCUT2D eigenvalue weighted by atomic mass is 9.96. The normalized spacial score (nSPS) is 12.8. The van der Waals surface area contributed by atoms with Crippen LogP contribution in [0.3, 0.4) is 0 Å². The number of benzene rings is 1. The van der Waals surface area contributed by atoms with Crippen LogP contribution < -0.4 is 5.73 Å². The zero-order valence-electron chi connectivity index (χ0n) is 8.37. The minimum atomic E-state index is 0.396. The Morgan fingerprint density at radius 2 is 2.29 bits per heavy atom. The summed E-state index contributed by atoms with van der Waals surface area (Å²) in [6.45, 7) is 1.42. The van der Waals surface area contributed by atoms with E-state index in [9.17, 15) is 0 Å². The van der Waals surface area contributed by atoms with Gasteiger partial charge in [-0.2, -0.15) is 0 Å². The van der Waals surface area contributed by atoms with Crippen molar-refractivity contribution < 1.29 is 4.74 Å². The zero-order valence-corrected chi connectivity index (χ0v) is 9.96. The highest BCUT2D eigenvalue weighted by Gasteiger charge is 2.09. The summed E-state index contributed by atoms with van der Waals surface area (Å²) in [4.78, 5) is 0. The van der Waals surface area contributed by atoms with E-state index in [-0.39, 0.29) is 0 Å². The summed E-state index contributed by atoms with van der Waals surface area (Å²) in [5.41, 5.74) is 7.00. The summed E-state index contributed by atoms with van der Waals surface area (Å²) < 4.78 is 6.16. The molecule has 78 valence electrons. The fraction of sp³-hybridized carbons (Fsp3) is 0.455. The number of hydrogen-bond donors (Lipinski definition) is 1. The molecule has 14 heavy (non-hydrogen) atoms. The van der Waals surface area contributed by atoms with E-state index in [1.165, 1.54) is 5.56 Å². The van der Waals surface area contributed by atoms with Crippen molar-refractivity contribution in [2.24, 2.45) is 5.73 Å². The number of nitrogens with two attached hydrogens (primary N) is 1. The molecule has 2 nitrogen and oxygen atoms in total. The molecule has 0 saturated heterocycles. The van der Waals surface area contributed by atoms with Gasteiger partial charge in [-0.15, -0.1) is 0 Å². The van der Waals surface area contributed by atoms with Crippen molar-refractivity contribution in [1.29, 1.82) is 0 Å². The lowest BCUT2D eigenvalue weighted by Gasteiger charge is -2.14. The first kappa shape index (κ1) is 11.7. The van der Waals surface area contributed by atoms with E-state index in [2.05, 4.69) is 28.1 Å². The number of hydrogen-bond acceptors (Lipinski definition) is 2. The quantitative estimate of drug-likeness (QED) is 0.880. The fourth-order valence-corrected chi connectivity index (χ4v) is 1.86. The minimum Gasteiger partial charge on any atom is -0.385 e. The van der Waals surface area contributed by atoms with Gasteiger partial charge in [0.15, 0.2) is 0 Å². The van der Waals surface area contributed by atoms with Crippen molar-refractivity contribution in [2.45, 2.75) is 12.3 Å². The van der Waals surface area contributed by atoms with E-state index in [0.29, 0.717) is 12.5 Å². The van der Waals surface area contributed by atoms with Crippen LogP contribution in [-0.2, 0) is 4.74 Å². The third-order valence-corrected chi connectivity index (χ3v) is 2.77. The molecule has 1 aromatic carbocycles. The van der Waals surface area contributed by atoms with E-state index in [4.69, 9.17) is 10.5 Å². The third kappa shape index (κ3) is 3.40. The predicted molar refractivity (Wildman–Crippen MR) is 62.4 cm³/mol. The number of halogens is 1. The highest BCUT2D eigenvalue weighted by Crippen LogP contribution is 2.21. The average molecular weight is 258 g/mol. The molecule has 0 aliphatic heterocycles. The van der Waals surface area contributed by atoms with Gasteiger partial charge in [0.2, 0.25) is 0 Å². The van der Waals surface area contributed by atoms with Crippen LogP contribution in [0.15, 0.2) is 28.7 Å². The molecule has 0 heterocycles. The maximum absolute atomic E-state index is 5.72. The van der Waals surface area contributed by atoms with Crippen LogP contribution in [-0.4, -0.2) is 20.3 Å². The van der Waals surface area contributed by atoms with Crippen molar-refractivity contribution in [1.82, 2.24) is 0 Å². The molecule has 1 atom stereocenters. The topological polar surface area (TPSA) is 35.2 Å². The van der Waals surface area contributed by atoms with Crippen LogP contribution in [0.5, 0.6) is 0 Å². The van der Waals surface area contributed by atoms with Gasteiger partial charge in [-0.3, -0.25) is 0 Å². The van der Waals surface area contributed by atoms with Gasteiger partial charge in [-0.1, -0.05) is 28.1 Å². The number of rotatable bonds is 5. The highest BCUT2D eigenvalue weighted by molar-refractivity contribution is 9.10. The van der Waals surface area contributed by atoms with Crippen molar-refractivity contribution in [3.63, 3.8) is 0 Å². The molecule has 1 unspecified atom stereocenters. The van der Waals surface area contributed by atoms with E-state index < -0.39 is 0 Å². The van der Waals surface area contributed by atoms with Crippen molar-refractivity contribution in [3.8, 4) is 0 Å². The molecular weight excluding hydrogens is 242 g/mol. The Morgan fingerprint density at radius 3 is 2.86 bits per heavy atom. The first-order valence-corrected chi connectivity index (χ1v) is 5.51. The lowest BCUT2D eigenvalue weighted by Crippen LogP contribution is -2.14. The molecule has 0 aliphatic carbocycles. The molecule has 3 heteroatoms. The van der Waals surface area contributed by atoms with Gasteiger partial charge in [0.1, 0.15) is 0 Å². The maximum atomic E-state index is 5.72. The van der Waals surface area contributed by atoms with Gasteiger partial charge in [-0.25, -0.2) is 0 Å². The van der Waals surface area contributed by atoms with Crippen molar-refractivity contribution in [3.05, 3.63) is 34.3 Å². The summed E-state index contributed by atoms with van der Waals surface area (Å²) in [7, 11) is 1.72. The first-order valence-electron chi connectivity index (χ1n) is 4.72. The van der Waals surface area contributed by atoms with Gasteiger partial charge < -0.3 is 10.5 Å². The molecule has 0 saturated carbocycles. The van der Waals surface area contributed by atoms with Crippen LogP contribution in [0.2, 0.25) is 0 Å². The second-order valence-corrected chi connectivity index (χ2v) is 4.18. The van der Waals surface area contributed by atoms with Crippen LogP contribution in [0.1, 0.15) is 17.9 Å². The monoisotopic (exact) mass is 257 g/mol. The summed E-state index contributed by atoms with van der Waals surface area (Å²) in [6, 6.07) is 8.29. The summed E-state index contributed by atoms with van der Waals surface area (Å²) in [5.74, 6) is 0.396. The first-order chi connectivity index (χ1) is 6.77. The van der Waals surface area contributed by atoms with Gasteiger partial charge in [0, 0.05) is 18.2 Å². The summed E-state index contributed by atoms with van der Waals surface area (Å²) in [6.07, 6.45) is 0.976. The summed E-state index contributed by atoms with van der Waals surface area (Å²) >= 11 is 3.46. The Balaban J connectivity index is 2.68. The molecule has 1 rings (SSSR count). The molecule has 1 aromatic rings. The Morgan fingerprint density at radius 1 is 1.50 bits per heavy atom. The van der Waals surface area contributed by atoms with E-state index in [1.54, 1.807) is 7.11 Å². The predicted octanol–water partition coefficient (Wildman–Crippen LogP) is 2.53. The average Bonchev–Trinajstić information content (AvgIpc) is 2.19. The molecular formula is C11H16BrNO. The Kier molecular flexibility index (Phi) is 5.15. The van der Waals surface area contributed by atoms with E-state index in [1.807, 2.05) is 12.1 Å². The zero-order chi connectivity index (χ0) is 10.4. The van der Waals surface area contributed by atoms with E-state index >= 15 is 0 Å². The van der Waals surface area contributed by atoms with Gasteiger partial charge in [-0.05, 0) is 36.6 Å². The smallest absolute Gasteiger partial charge is 0.0468 e. The highest BCUT2D eigenvalue weighted by atomic mass is 79.9. The van der Waals surface area contributed by atoms with Gasteiger partial charge in [0.05, 0.1) is 0 Å². The van der Waals surface area contributed by atoms with Crippen LogP contribution in [0, 0.1) is 0 Å². The molecule has 0 amide bonds. The second kappa shape index (κ2) is 6.17. The molecule has 0 aromatic heterocycles. The van der Waals surface area contributed by atoms with Crippen LogP contribution in [0.25, 0.3) is 0 Å². The maximum Gasteiger partial charge on any atom is 0.0468 e. The largest absolute Gasteiger partial charge is 0.385 e. The minimum absolute atomic E-state index is 0.396. The van der Waals surface area contributed by atoms with Crippen molar-refractivity contribution in [2.75, 3.05) is 20.3 Å². The molecule has 0 bridgehead atoms. The van der Waals surface area contributed by atoms with Gasteiger partial charge >= 0.3 is 0 Å². The Bertz CT molecular complexity index is 278. The number of ether oxygens (including phenoxy) is 1.